The molecule has 20 heavy (non-hydrogen) atoms. The molecular weight excluding hydrogens is 290 g/mol. The zero-order valence-corrected chi connectivity index (χ0v) is 13.7. The van der Waals surface area contributed by atoms with Gasteiger partial charge in [0.15, 0.2) is 5.65 Å². The molecule has 0 aromatic carbocycles. The Labute approximate surface area is 129 Å². The number of thioether (sulfide) groups is 1. The molecule has 108 valence electrons. The van der Waals surface area contributed by atoms with Crippen molar-refractivity contribution in [1.29, 1.82) is 0 Å². The summed E-state index contributed by atoms with van der Waals surface area (Å²) in [6, 6.07) is 4.55. The standard InChI is InChI=1S/C15H20ClN3S/c1-9-7-8-11-15(17-9)19(14(18-11)10(2)16)12-5-4-6-13(12)20-3/h7-8,10,12-13H,4-6H2,1-3H3. The molecule has 3 rings (SSSR count). The van der Waals surface area contributed by atoms with Gasteiger partial charge in [-0.3, -0.25) is 0 Å². The summed E-state index contributed by atoms with van der Waals surface area (Å²) in [5.41, 5.74) is 2.99. The number of hydrogen-bond acceptors (Lipinski definition) is 3. The van der Waals surface area contributed by atoms with E-state index in [2.05, 4.69) is 16.9 Å². The van der Waals surface area contributed by atoms with Crippen LogP contribution in [0.3, 0.4) is 0 Å². The number of halogens is 1. The van der Waals surface area contributed by atoms with Gasteiger partial charge in [-0.15, -0.1) is 11.6 Å². The zero-order chi connectivity index (χ0) is 14.3. The van der Waals surface area contributed by atoms with Crippen molar-refractivity contribution in [2.75, 3.05) is 6.26 Å². The summed E-state index contributed by atoms with van der Waals surface area (Å²) >= 11 is 8.32. The maximum atomic E-state index is 6.37. The van der Waals surface area contributed by atoms with Crippen LogP contribution < -0.4 is 0 Å². The van der Waals surface area contributed by atoms with Crippen molar-refractivity contribution in [3.05, 3.63) is 23.7 Å². The molecule has 0 bridgehead atoms. The highest BCUT2D eigenvalue weighted by atomic mass is 35.5. The van der Waals surface area contributed by atoms with Gasteiger partial charge < -0.3 is 4.57 Å². The smallest absolute Gasteiger partial charge is 0.160 e. The third-order valence-corrected chi connectivity index (χ3v) is 5.46. The maximum Gasteiger partial charge on any atom is 0.160 e. The molecule has 1 saturated carbocycles. The zero-order valence-electron chi connectivity index (χ0n) is 12.1. The topological polar surface area (TPSA) is 30.7 Å². The van der Waals surface area contributed by atoms with E-state index >= 15 is 0 Å². The molecule has 0 N–H and O–H groups in total. The molecule has 2 heterocycles. The first-order chi connectivity index (χ1) is 9.61. The van der Waals surface area contributed by atoms with Crippen LogP contribution >= 0.6 is 23.4 Å². The minimum absolute atomic E-state index is 0.0902. The Morgan fingerprint density at radius 1 is 1.35 bits per heavy atom. The SMILES string of the molecule is CSC1CCCC1n1c(C(C)Cl)nc2ccc(C)nc21. The monoisotopic (exact) mass is 309 g/mol. The molecule has 1 fully saturated rings. The molecule has 1 aliphatic rings. The number of hydrogen-bond donors (Lipinski definition) is 0. The fraction of sp³-hybridized carbons (Fsp3) is 0.600. The van der Waals surface area contributed by atoms with Crippen LogP contribution in [0, 0.1) is 6.92 Å². The Balaban J connectivity index is 2.20. The molecule has 0 saturated heterocycles. The maximum absolute atomic E-state index is 6.37. The van der Waals surface area contributed by atoms with Crippen LogP contribution in [0.25, 0.3) is 11.2 Å². The molecular formula is C15H20ClN3S. The summed E-state index contributed by atoms with van der Waals surface area (Å²) in [6.45, 7) is 4.02. The van der Waals surface area contributed by atoms with Gasteiger partial charge in [0.05, 0.1) is 5.38 Å². The summed E-state index contributed by atoms with van der Waals surface area (Å²) in [5, 5.41) is 0.552. The van der Waals surface area contributed by atoms with Gasteiger partial charge in [0.2, 0.25) is 0 Å². The second kappa shape index (κ2) is 5.57. The van der Waals surface area contributed by atoms with E-state index in [4.69, 9.17) is 21.6 Å². The van der Waals surface area contributed by atoms with Crippen LogP contribution in [0.1, 0.15) is 49.1 Å². The van der Waals surface area contributed by atoms with E-state index in [0.717, 1.165) is 22.7 Å². The average molecular weight is 310 g/mol. The van der Waals surface area contributed by atoms with Crippen LogP contribution in [0.4, 0.5) is 0 Å². The Hall–Kier alpha value is -0.740. The minimum atomic E-state index is -0.0902. The first kappa shape index (κ1) is 14.2. The van der Waals surface area contributed by atoms with E-state index in [1.54, 1.807) is 0 Å². The summed E-state index contributed by atoms with van der Waals surface area (Å²) in [5.74, 6) is 0.964. The second-order valence-corrected chi connectivity index (χ2v) is 7.26. The van der Waals surface area contributed by atoms with Crippen molar-refractivity contribution in [2.45, 2.75) is 49.8 Å². The van der Waals surface area contributed by atoms with Crippen LogP contribution in [0.5, 0.6) is 0 Å². The lowest BCUT2D eigenvalue weighted by molar-refractivity contribution is 0.516. The van der Waals surface area contributed by atoms with Crippen LogP contribution in [0.2, 0.25) is 0 Å². The summed E-state index contributed by atoms with van der Waals surface area (Å²) in [7, 11) is 0. The molecule has 0 amide bonds. The van der Waals surface area contributed by atoms with E-state index in [1.807, 2.05) is 31.7 Å². The fourth-order valence-electron chi connectivity index (χ4n) is 3.17. The lowest BCUT2D eigenvalue weighted by Gasteiger charge is -2.22. The van der Waals surface area contributed by atoms with Gasteiger partial charge in [-0.25, -0.2) is 9.97 Å². The number of aryl methyl sites for hydroxylation is 1. The van der Waals surface area contributed by atoms with Gasteiger partial charge in [0.1, 0.15) is 11.3 Å². The largest absolute Gasteiger partial charge is 0.307 e. The number of pyridine rings is 1. The predicted octanol–water partition coefficient (Wildman–Crippen LogP) is 4.50. The Morgan fingerprint density at radius 3 is 2.85 bits per heavy atom. The number of alkyl halides is 1. The van der Waals surface area contributed by atoms with Crippen LogP contribution in [-0.4, -0.2) is 26.0 Å². The molecule has 2 aromatic heterocycles. The molecule has 0 radical (unpaired) electrons. The number of rotatable bonds is 3. The summed E-state index contributed by atoms with van der Waals surface area (Å²) < 4.78 is 2.31. The highest BCUT2D eigenvalue weighted by molar-refractivity contribution is 7.99. The van der Waals surface area contributed by atoms with Gasteiger partial charge in [-0.1, -0.05) is 6.42 Å². The predicted molar refractivity (Wildman–Crippen MR) is 86.7 cm³/mol. The lowest BCUT2D eigenvalue weighted by Crippen LogP contribution is -2.19. The van der Waals surface area contributed by atoms with E-state index < -0.39 is 0 Å². The van der Waals surface area contributed by atoms with Crippen LogP contribution in [-0.2, 0) is 0 Å². The summed E-state index contributed by atoms with van der Waals surface area (Å²) in [4.78, 5) is 9.45. The quantitative estimate of drug-likeness (QED) is 0.782. The highest BCUT2D eigenvalue weighted by Crippen LogP contribution is 2.41. The van der Waals surface area contributed by atoms with Gasteiger partial charge in [0, 0.05) is 17.0 Å². The number of imidazole rings is 1. The first-order valence-corrected chi connectivity index (χ1v) is 8.86. The second-order valence-electron chi connectivity index (χ2n) is 5.52. The molecule has 3 nitrogen and oxygen atoms in total. The lowest BCUT2D eigenvalue weighted by atomic mass is 10.2. The fourth-order valence-corrected chi connectivity index (χ4v) is 4.30. The van der Waals surface area contributed by atoms with Crippen molar-refractivity contribution in [2.24, 2.45) is 0 Å². The number of fused-ring (bicyclic) bond motifs is 1. The Morgan fingerprint density at radius 2 is 2.15 bits per heavy atom. The third-order valence-electron chi connectivity index (χ3n) is 4.11. The van der Waals surface area contributed by atoms with Crippen LogP contribution in [0.15, 0.2) is 12.1 Å². The van der Waals surface area contributed by atoms with Crippen molar-refractivity contribution in [3.8, 4) is 0 Å². The molecule has 2 aromatic rings. The van der Waals surface area contributed by atoms with Gasteiger partial charge in [-0.05, 0) is 45.1 Å². The first-order valence-electron chi connectivity index (χ1n) is 7.14. The van der Waals surface area contributed by atoms with Crippen molar-refractivity contribution in [3.63, 3.8) is 0 Å². The van der Waals surface area contributed by atoms with E-state index in [1.165, 1.54) is 19.3 Å². The van der Waals surface area contributed by atoms with E-state index in [0.29, 0.717) is 11.3 Å². The van der Waals surface area contributed by atoms with Gasteiger partial charge in [-0.2, -0.15) is 11.8 Å². The minimum Gasteiger partial charge on any atom is -0.307 e. The van der Waals surface area contributed by atoms with Gasteiger partial charge >= 0.3 is 0 Å². The molecule has 1 aliphatic carbocycles. The molecule has 0 spiro atoms. The average Bonchev–Trinajstić information content (AvgIpc) is 3.00. The molecule has 3 atom stereocenters. The number of aromatic nitrogens is 3. The third kappa shape index (κ3) is 2.33. The molecule has 0 aliphatic heterocycles. The molecule has 5 heteroatoms. The Bertz CT molecular complexity index is 623. The van der Waals surface area contributed by atoms with Crippen molar-refractivity contribution < 1.29 is 0 Å². The van der Waals surface area contributed by atoms with Crippen molar-refractivity contribution >= 4 is 34.5 Å². The number of nitrogens with zero attached hydrogens (tertiary/aromatic N) is 3. The Kier molecular flexibility index (Phi) is 3.95. The van der Waals surface area contributed by atoms with Crippen molar-refractivity contribution in [1.82, 2.24) is 14.5 Å². The molecule has 3 unspecified atom stereocenters. The van der Waals surface area contributed by atoms with E-state index in [-0.39, 0.29) is 5.38 Å². The van der Waals surface area contributed by atoms with E-state index in [9.17, 15) is 0 Å². The normalized spacial score (nSPS) is 24.4. The highest BCUT2D eigenvalue weighted by Gasteiger charge is 2.32. The van der Waals surface area contributed by atoms with Gasteiger partial charge in [0.25, 0.3) is 0 Å². The summed E-state index contributed by atoms with van der Waals surface area (Å²) in [6.07, 6.45) is 5.94.